The molecule has 0 fully saturated rings. The minimum Gasteiger partial charge on any atom is -0.490 e. The van der Waals surface area contributed by atoms with E-state index in [2.05, 4.69) is 0 Å². The van der Waals surface area contributed by atoms with Crippen LogP contribution in [0.2, 0.25) is 0 Å². The lowest BCUT2D eigenvalue weighted by molar-refractivity contribution is -0.385. The first-order chi connectivity index (χ1) is 9.04. The summed E-state index contributed by atoms with van der Waals surface area (Å²) in [6.45, 7) is 0. The highest BCUT2D eigenvalue weighted by Crippen LogP contribution is 2.33. The molecule has 98 valence electrons. The van der Waals surface area contributed by atoms with Gasteiger partial charge < -0.3 is 4.74 Å². The molecular weight excluding hydrogens is 256 g/mol. The van der Waals surface area contributed by atoms with Crippen LogP contribution in [0.25, 0.3) is 11.1 Å². The second-order valence-electron chi connectivity index (χ2n) is 3.75. The van der Waals surface area contributed by atoms with Crippen molar-refractivity contribution < 1.29 is 18.4 Å². The normalized spacial score (nSPS) is 10.3. The molecule has 0 saturated carbocycles. The van der Waals surface area contributed by atoms with Crippen molar-refractivity contribution in [2.24, 2.45) is 0 Å². The van der Waals surface area contributed by atoms with E-state index in [1.807, 2.05) is 0 Å². The molecule has 2 aromatic carbocycles. The molecule has 0 heterocycles. The lowest BCUT2D eigenvalue weighted by Crippen LogP contribution is -1.95. The van der Waals surface area contributed by atoms with Crippen LogP contribution in [0.4, 0.5) is 14.5 Å². The third-order valence-corrected chi connectivity index (χ3v) is 2.64. The standard InChI is InChI=1S/C13H9F2NO3/c1-19-12-6-5-8(7-11(12)16(17)18)9-3-2-4-10(14)13(9)15/h2-7H,1H3. The zero-order valence-corrected chi connectivity index (χ0v) is 9.89. The average molecular weight is 265 g/mol. The molecule has 0 aliphatic heterocycles. The highest BCUT2D eigenvalue weighted by molar-refractivity contribution is 5.69. The van der Waals surface area contributed by atoms with Gasteiger partial charge in [-0.15, -0.1) is 0 Å². The summed E-state index contributed by atoms with van der Waals surface area (Å²) in [5, 5.41) is 10.9. The Balaban J connectivity index is 2.61. The van der Waals surface area contributed by atoms with Crippen LogP contribution >= 0.6 is 0 Å². The third-order valence-electron chi connectivity index (χ3n) is 2.64. The van der Waals surface area contributed by atoms with Crippen LogP contribution in [-0.4, -0.2) is 12.0 Å². The number of nitro benzene ring substituents is 1. The number of nitrogens with zero attached hydrogens (tertiary/aromatic N) is 1. The summed E-state index contributed by atoms with van der Waals surface area (Å²) in [5.74, 6) is -1.98. The topological polar surface area (TPSA) is 52.4 Å². The SMILES string of the molecule is COc1ccc(-c2cccc(F)c2F)cc1[N+](=O)[O-]. The molecule has 0 unspecified atom stereocenters. The number of hydrogen-bond donors (Lipinski definition) is 0. The second-order valence-corrected chi connectivity index (χ2v) is 3.75. The van der Waals surface area contributed by atoms with Crippen LogP contribution in [-0.2, 0) is 0 Å². The number of methoxy groups -OCH3 is 1. The smallest absolute Gasteiger partial charge is 0.311 e. The molecule has 2 rings (SSSR count). The predicted molar refractivity (Wildman–Crippen MR) is 65.0 cm³/mol. The van der Waals surface area contributed by atoms with Crippen LogP contribution in [0, 0.1) is 21.7 Å². The van der Waals surface area contributed by atoms with Crippen LogP contribution in [0.5, 0.6) is 5.75 Å². The molecule has 0 bridgehead atoms. The fourth-order valence-electron chi connectivity index (χ4n) is 1.73. The van der Waals surface area contributed by atoms with Gasteiger partial charge in [-0.2, -0.15) is 0 Å². The third kappa shape index (κ3) is 2.37. The van der Waals surface area contributed by atoms with E-state index in [9.17, 15) is 18.9 Å². The maximum atomic E-state index is 13.6. The van der Waals surface area contributed by atoms with E-state index in [1.165, 1.54) is 31.4 Å². The molecule has 0 aliphatic carbocycles. The van der Waals surface area contributed by atoms with Crippen molar-refractivity contribution in [2.45, 2.75) is 0 Å². The second kappa shape index (κ2) is 5.01. The van der Waals surface area contributed by atoms with Crippen molar-refractivity contribution in [1.82, 2.24) is 0 Å². The van der Waals surface area contributed by atoms with Crippen molar-refractivity contribution in [2.75, 3.05) is 7.11 Å². The molecule has 0 N–H and O–H groups in total. The van der Waals surface area contributed by atoms with Gasteiger partial charge in [0, 0.05) is 11.6 Å². The van der Waals surface area contributed by atoms with Crippen molar-refractivity contribution in [3.63, 3.8) is 0 Å². The van der Waals surface area contributed by atoms with Crippen LogP contribution < -0.4 is 4.74 Å². The molecule has 0 radical (unpaired) electrons. The van der Waals surface area contributed by atoms with Gasteiger partial charge in [-0.05, 0) is 17.7 Å². The van der Waals surface area contributed by atoms with Gasteiger partial charge in [0.25, 0.3) is 0 Å². The molecule has 6 heteroatoms. The molecule has 0 aromatic heterocycles. The molecule has 0 aliphatic rings. The van der Waals surface area contributed by atoms with Crippen molar-refractivity contribution in [1.29, 1.82) is 0 Å². The van der Waals surface area contributed by atoms with E-state index in [-0.39, 0.29) is 22.6 Å². The summed E-state index contributed by atoms with van der Waals surface area (Å²) in [7, 11) is 1.30. The van der Waals surface area contributed by atoms with Gasteiger partial charge >= 0.3 is 5.69 Å². The molecule has 0 saturated heterocycles. The Morgan fingerprint density at radius 2 is 1.95 bits per heavy atom. The number of benzene rings is 2. The summed E-state index contributed by atoms with van der Waals surface area (Å²) in [6, 6.07) is 7.60. The maximum Gasteiger partial charge on any atom is 0.311 e. The number of rotatable bonds is 3. The van der Waals surface area contributed by atoms with E-state index in [4.69, 9.17) is 4.74 Å². The largest absolute Gasteiger partial charge is 0.490 e. The molecule has 0 spiro atoms. The summed E-state index contributed by atoms with van der Waals surface area (Å²) < 4.78 is 31.6. The van der Waals surface area contributed by atoms with E-state index in [0.29, 0.717) is 0 Å². The van der Waals surface area contributed by atoms with Gasteiger partial charge in [0.1, 0.15) is 0 Å². The lowest BCUT2D eigenvalue weighted by atomic mass is 10.0. The molecular formula is C13H9F2NO3. The first-order valence-corrected chi connectivity index (χ1v) is 5.31. The zero-order valence-electron chi connectivity index (χ0n) is 9.89. The highest BCUT2D eigenvalue weighted by Gasteiger charge is 2.18. The Morgan fingerprint density at radius 1 is 1.21 bits per heavy atom. The van der Waals surface area contributed by atoms with Gasteiger partial charge in [-0.25, -0.2) is 8.78 Å². The summed E-state index contributed by atoms with van der Waals surface area (Å²) >= 11 is 0. The van der Waals surface area contributed by atoms with Gasteiger partial charge in [0.05, 0.1) is 12.0 Å². The minimum absolute atomic E-state index is 0.0363. The van der Waals surface area contributed by atoms with Crippen LogP contribution in [0.1, 0.15) is 0 Å². The first-order valence-electron chi connectivity index (χ1n) is 5.31. The van der Waals surface area contributed by atoms with E-state index >= 15 is 0 Å². The Labute approximate surface area is 107 Å². The molecule has 0 atom stereocenters. The quantitative estimate of drug-likeness (QED) is 0.630. The molecule has 0 amide bonds. The number of nitro groups is 1. The number of halogens is 2. The van der Waals surface area contributed by atoms with E-state index in [0.717, 1.165) is 12.1 Å². The van der Waals surface area contributed by atoms with Gasteiger partial charge in [-0.3, -0.25) is 10.1 Å². The average Bonchev–Trinajstić information content (AvgIpc) is 2.41. The number of ether oxygens (including phenoxy) is 1. The van der Waals surface area contributed by atoms with Crippen LogP contribution in [0.3, 0.4) is 0 Å². The Hall–Kier alpha value is -2.50. The van der Waals surface area contributed by atoms with Crippen molar-refractivity contribution in [3.8, 4) is 16.9 Å². The number of hydrogen-bond acceptors (Lipinski definition) is 3. The molecule has 4 nitrogen and oxygen atoms in total. The molecule has 19 heavy (non-hydrogen) atoms. The molecule has 2 aromatic rings. The minimum atomic E-state index is -1.04. The summed E-state index contributed by atoms with van der Waals surface area (Å²) in [6.07, 6.45) is 0. The van der Waals surface area contributed by atoms with Gasteiger partial charge in [-0.1, -0.05) is 18.2 Å². The Kier molecular flexibility index (Phi) is 3.41. The fourth-order valence-corrected chi connectivity index (χ4v) is 1.73. The van der Waals surface area contributed by atoms with Crippen molar-refractivity contribution >= 4 is 5.69 Å². The summed E-state index contributed by atoms with van der Waals surface area (Å²) in [5.41, 5.74) is -0.126. The first kappa shape index (κ1) is 12.9. The predicted octanol–water partition coefficient (Wildman–Crippen LogP) is 3.55. The maximum absolute atomic E-state index is 13.6. The highest BCUT2D eigenvalue weighted by atomic mass is 19.2. The van der Waals surface area contributed by atoms with Gasteiger partial charge in [0.2, 0.25) is 0 Å². The van der Waals surface area contributed by atoms with Crippen LogP contribution in [0.15, 0.2) is 36.4 Å². The van der Waals surface area contributed by atoms with E-state index in [1.54, 1.807) is 0 Å². The Morgan fingerprint density at radius 3 is 2.58 bits per heavy atom. The van der Waals surface area contributed by atoms with Gasteiger partial charge in [0.15, 0.2) is 17.4 Å². The fraction of sp³-hybridized carbons (Fsp3) is 0.0769. The monoisotopic (exact) mass is 265 g/mol. The Bertz CT molecular complexity index is 644. The van der Waals surface area contributed by atoms with Crippen molar-refractivity contribution in [3.05, 3.63) is 58.1 Å². The summed E-state index contributed by atoms with van der Waals surface area (Å²) in [4.78, 5) is 10.2. The zero-order chi connectivity index (χ0) is 14.0. The lowest BCUT2D eigenvalue weighted by Gasteiger charge is -2.06. The van der Waals surface area contributed by atoms with E-state index < -0.39 is 16.6 Å².